The van der Waals surface area contributed by atoms with E-state index in [1.54, 1.807) is 7.11 Å². The fourth-order valence-corrected chi connectivity index (χ4v) is 4.03. The number of hydrogen-bond acceptors (Lipinski definition) is 3. The first-order valence-electron chi connectivity index (χ1n) is 10.5. The van der Waals surface area contributed by atoms with Gasteiger partial charge in [0.25, 0.3) is 0 Å². The highest BCUT2D eigenvalue weighted by atomic mass is 127. The highest BCUT2D eigenvalue weighted by molar-refractivity contribution is 14.0. The molecule has 2 rings (SSSR count). The molecule has 29 heavy (non-hydrogen) atoms. The highest BCUT2D eigenvalue weighted by Gasteiger charge is 2.30. The van der Waals surface area contributed by atoms with Gasteiger partial charge >= 0.3 is 0 Å². The van der Waals surface area contributed by atoms with Crippen molar-refractivity contribution in [2.45, 2.75) is 38.6 Å². The molecule has 0 radical (unpaired) electrons. The van der Waals surface area contributed by atoms with Gasteiger partial charge in [0.1, 0.15) is 5.75 Å². The van der Waals surface area contributed by atoms with E-state index in [2.05, 4.69) is 67.0 Å². The van der Waals surface area contributed by atoms with Gasteiger partial charge in [0.15, 0.2) is 5.96 Å². The number of halogens is 1. The molecular weight excluding hydrogens is 475 g/mol. The summed E-state index contributed by atoms with van der Waals surface area (Å²) in [6.45, 7) is 9.80. The zero-order valence-corrected chi connectivity index (χ0v) is 20.9. The molecule has 2 unspecified atom stereocenters. The normalized spacial score (nSPS) is 19.9. The van der Waals surface area contributed by atoms with Crippen LogP contribution >= 0.6 is 24.0 Å². The van der Waals surface area contributed by atoms with Gasteiger partial charge in [-0.3, -0.25) is 9.89 Å². The van der Waals surface area contributed by atoms with Crippen molar-refractivity contribution in [1.82, 2.24) is 15.1 Å². The maximum atomic E-state index is 5.33. The third-order valence-electron chi connectivity index (χ3n) is 5.54. The Labute approximate surface area is 194 Å². The van der Waals surface area contributed by atoms with Gasteiger partial charge in [-0.25, -0.2) is 0 Å². The van der Waals surface area contributed by atoms with Gasteiger partial charge in [0, 0.05) is 32.7 Å². The number of aliphatic imine (C=N–C) groups is 1. The quantitative estimate of drug-likeness (QED) is 0.173. The fraction of sp³-hybridized carbons (Fsp3) is 0.609. The van der Waals surface area contributed by atoms with Crippen LogP contribution in [0.4, 0.5) is 0 Å². The van der Waals surface area contributed by atoms with E-state index in [9.17, 15) is 0 Å². The molecule has 1 fully saturated rings. The van der Waals surface area contributed by atoms with Crippen molar-refractivity contribution in [3.8, 4) is 5.75 Å². The molecule has 1 N–H and O–H groups in total. The first-order valence-corrected chi connectivity index (χ1v) is 10.5. The molecule has 0 saturated carbocycles. The van der Waals surface area contributed by atoms with Gasteiger partial charge < -0.3 is 15.0 Å². The molecule has 1 aliphatic heterocycles. The molecule has 0 spiro atoms. The Bertz CT molecular complexity index is 620. The smallest absolute Gasteiger partial charge is 0.193 e. The maximum Gasteiger partial charge on any atom is 0.193 e. The number of rotatable bonds is 9. The third-order valence-corrected chi connectivity index (χ3v) is 5.54. The Balaban J connectivity index is 0.00000420. The molecular formula is C23H39IN4O. The van der Waals surface area contributed by atoms with Crippen LogP contribution in [0.5, 0.6) is 5.75 Å². The summed E-state index contributed by atoms with van der Waals surface area (Å²) in [6, 6.07) is 8.94. The minimum absolute atomic E-state index is 0. The predicted octanol–water partition coefficient (Wildman–Crippen LogP) is 4.56. The van der Waals surface area contributed by atoms with Gasteiger partial charge in [-0.15, -0.1) is 30.6 Å². The lowest BCUT2D eigenvalue weighted by atomic mass is 9.85. The Kier molecular flexibility index (Phi) is 12.3. The largest absolute Gasteiger partial charge is 0.497 e. The lowest BCUT2D eigenvalue weighted by Crippen LogP contribution is -2.41. The molecule has 1 aromatic rings. The van der Waals surface area contributed by atoms with Crippen LogP contribution in [0.25, 0.3) is 0 Å². The highest BCUT2D eigenvalue weighted by Crippen LogP contribution is 2.35. The van der Waals surface area contributed by atoms with E-state index in [1.807, 2.05) is 6.08 Å². The number of methoxy groups -OCH3 is 1. The lowest BCUT2D eigenvalue weighted by molar-refractivity contribution is 0.125. The van der Waals surface area contributed by atoms with Crippen molar-refractivity contribution < 1.29 is 4.74 Å². The second-order valence-corrected chi connectivity index (χ2v) is 7.65. The number of guanidine groups is 1. The molecule has 1 heterocycles. The standard InChI is InChI=1S/C23H38N4O.HI/c1-6-8-9-16-27(4)23(24-7-2)25-18-20-11-10-17-26(3)22(20)19-12-14-21(28-5)15-13-19;/h6,12-15,20,22H,1,7-11,16-18H2,2-5H3,(H,24,25);1H. The number of benzene rings is 1. The average molecular weight is 514 g/mol. The summed E-state index contributed by atoms with van der Waals surface area (Å²) in [6.07, 6.45) is 6.57. The molecule has 5 nitrogen and oxygen atoms in total. The summed E-state index contributed by atoms with van der Waals surface area (Å²) in [5.41, 5.74) is 1.35. The van der Waals surface area contributed by atoms with Crippen LogP contribution in [0.2, 0.25) is 0 Å². The maximum absolute atomic E-state index is 5.33. The predicted molar refractivity (Wildman–Crippen MR) is 135 cm³/mol. The minimum Gasteiger partial charge on any atom is -0.497 e. The van der Waals surface area contributed by atoms with Crippen LogP contribution in [0.15, 0.2) is 41.9 Å². The number of ether oxygens (including phenoxy) is 1. The number of nitrogens with zero attached hydrogens (tertiary/aromatic N) is 3. The first kappa shape index (κ1) is 25.8. The van der Waals surface area contributed by atoms with Gasteiger partial charge in [0.2, 0.25) is 0 Å². The second kappa shape index (κ2) is 13.9. The Hall–Kier alpha value is -1.28. The van der Waals surface area contributed by atoms with Crippen molar-refractivity contribution in [2.24, 2.45) is 10.9 Å². The van der Waals surface area contributed by atoms with Crippen molar-refractivity contribution in [2.75, 3.05) is 47.4 Å². The third kappa shape index (κ3) is 7.81. The van der Waals surface area contributed by atoms with Crippen molar-refractivity contribution >= 4 is 29.9 Å². The van der Waals surface area contributed by atoms with Gasteiger partial charge in [-0.2, -0.15) is 0 Å². The Morgan fingerprint density at radius 3 is 2.72 bits per heavy atom. The summed E-state index contributed by atoms with van der Waals surface area (Å²) in [7, 11) is 6.07. The SMILES string of the molecule is C=CCCCN(C)C(=NCC1CCCN(C)C1c1ccc(OC)cc1)NCC.I. The molecule has 0 bridgehead atoms. The number of unbranched alkanes of at least 4 members (excludes halogenated alkanes) is 1. The number of nitrogens with one attached hydrogen (secondary N) is 1. The molecule has 1 aliphatic rings. The van der Waals surface area contributed by atoms with Gasteiger partial charge in [-0.05, 0) is 69.8 Å². The molecule has 0 aromatic heterocycles. The van der Waals surface area contributed by atoms with E-state index in [-0.39, 0.29) is 24.0 Å². The molecule has 164 valence electrons. The fourth-order valence-electron chi connectivity index (χ4n) is 4.03. The molecule has 2 atom stereocenters. The average Bonchev–Trinajstić information content (AvgIpc) is 2.71. The second-order valence-electron chi connectivity index (χ2n) is 7.65. The first-order chi connectivity index (χ1) is 13.6. The summed E-state index contributed by atoms with van der Waals surface area (Å²) in [4.78, 5) is 9.73. The summed E-state index contributed by atoms with van der Waals surface area (Å²) >= 11 is 0. The van der Waals surface area contributed by atoms with E-state index < -0.39 is 0 Å². The summed E-state index contributed by atoms with van der Waals surface area (Å²) in [5, 5.41) is 3.45. The zero-order chi connectivity index (χ0) is 20.4. The van der Waals surface area contributed by atoms with E-state index >= 15 is 0 Å². The number of allylic oxidation sites excluding steroid dienone is 1. The molecule has 0 aliphatic carbocycles. The molecule has 6 heteroatoms. The van der Waals surface area contributed by atoms with Gasteiger partial charge in [-0.1, -0.05) is 18.2 Å². The van der Waals surface area contributed by atoms with Gasteiger partial charge in [0.05, 0.1) is 7.11 Å². The number of hydrogen-bond donors (Lipinski definition) is 1. The van der Waals surface area contributed by atoms with E-state index in [0.717, 1.165) is 50.7 Å². The summed E-state index contributed by atoms with van der Waals surface area (Å²) < 4.78 is 5.33. The van der Waals surface area contributed by atoms with Crippen molar-refractivity contribution in [3.05, 3.63) is 42.5 Å². The zero-order valence-electron chi connectivity index (χ0n) is 18.6. The van der Waals surface area contributed by atoms with E-state index in [4.69, 9.17) is 9.73 Å². The molecule has 0 amide bonds. The van der Waals surface area contributed by atoms with Crippen LogP contribution in [0.1, 0.15) is 44.2 Å². The van der Waals surface area contributed by atoms with E-state index in [1.165, 1.54) is 18.4 Å². The molecule has 1 saturated heterocycles. The van der Waals surface area contributed by atoms with Crippen LogP contribution in [0.3, 0.4) is 0 Å². The monoisotopic (exact) mass is 514 g/mol. The van der Waals surface area contributed by atoms with Crippen LogP contribution in [-0.2, 0) is 0 Å². The van der Waals surface area contributed by atoms with Crippen molar-refractivity contribution in [1.29, 1.82) is 0 Å². The molecule has 1 aromatic carbocycles. The Morgan fingerprint density at radius 2 is 2.10 bits per heavy atom. The van der Waals surface area contributed by atoms with Crippen molar-refractivity contribution in [3.63, 3.8) is 0 Å². The number of likely N-dealkylation sites (tertiary alicyclic amines) is 1. The topological polar surface area (TPSA) is 40.1 Å². The van der Waals surface area contributed by atoms with Crippen LogP contribution < -0.4 is 10.1 Å². The van der Waals surface area contributed by atoms with Crippen LogP contribution in [-0.4, -0.2) is 63.1 Å². The summed E-state index contributed by atoms with van der Waals surface area (Å²) in [5.74, 6) is 2.43. The van der Waals surface area contributed by atoms with Crippen LogP contribution in [0, 0.1) is 5.92 Å². The minimum atomic E-state index is 0. The Morgan fingerprint density at radius 1 is 1.38 bits per heavy atom. The number of piperidine rings is 1. The van der Waals surface area contributed by atoms with E-state index in [0.29, 0.717) is 12.0 Å². The lowest BCUT2D eigenvalue weighted by Gasteiger charge is -2.39.